The zero-order chi connectivity index (χ0) is 12.8. The third-order valence-electron chi connectivity index (χ3n) is 2.62. The maximum absolute atomic E-state index is 11.3. The van der Waals surface area contributed by atoms with E-state index in [1.807, 2.05) is 0 Å². The Morgan fingerprint density at radius 3 is 2.67 bits per heavy atom. The SMILES string of the molecule is C[C@H](N)C(=O)NNC(=O)CCC1CCNC1=O.Cl. The molecule has 5 N–H and O–H groups in total. The van der Waals surface area contributed by atoms with Gasteiger partial charge >= 0.3 is 0 Å². The summed E-state index contributed by atoms with van der Waals surface area (Å²) in [6, 6.07) is -0.670. The highest BCUT2D eigenvalue weighted by molar-refractivity contribution is 5.86. The number of nitrogens with two attached hydrogens (primary N) is 1. The van der Waals surface area contributed by atoms with Gasteiger partial charge in [-0.15, -0.1) is 12.4 Å². The van der Waals surface area contributed by atoms with E-state index in [2.05, 4.69) is 16.2 Å². The van der Waals surface area contributed by atoms with E-state index in [-0.39, 0.29) is 36.6 Å². The van der Waals surface area contributed by atoms with Crippen molar-refractivity contribution in [1.29, 1.82) is 0 Å². The number of nitrogens with one attached hydrogen (secondary N) is 3. The van der Waals surface area contributed by atoms with E-state index in [0.717, 1.165) is 6.42 Å². The number of hydrogen-bond acceptors (Lipinski definition) is 4. The Labute approximate surface area is 112 Å². The van der Waals surface area contributed by atoms with Gasteiger partial charge in [0, 0.05) is 18.9 Å². The summed E-state index contributed by atoms with van der Waals surface area (Å²) in [5, 5.41) is 2.70. The van der Waals surface area contributed by atoms with Crippen molar-refractivity contribution in [3.63, 3.8) is 0 Å². The molecular formula is C10H19ClN4O3. The van der Waals surface area contributed by atoms with Crippen molar-refractivity contribution in [2.24, 2.45) is 11.7 Å². The van der Waals surface area contributed by atoms with Gasteiger partial charge in [0.2, 0.25) is 11.8 Å². The van der Waals surface area contributed by atoms with Crippen LogP contribution >= 0.6 is 12.4 Å². The predicted octanol–water partition coefficient (Wildman–Crippen LogP) is -1.18. The van der Waals surface area contributed by atoms with Crippen LogP contribution in [-0.4, -0.2) is 30.3 Å². The van der Waals surface area contributed by atoms with Crippen LogP contribution in [-0.2, 0) is 14.4 Å². The number of carbonyl (C=O) groups excluding carboxylic acids is 3. The van der Waals surface area contributed by atoms with Crippen LogP contribution in [0, 0.1) is 5.92 Å². The summed E-state index contributed by atoms with van der Waals surface area (Å²) in [6.07, 6.45) is 1.46. The third kappa shape index (κ3) is 5.33. The summed E-state index contributed by atoms with van der Waals surface area (Å²) >= 11 is 0. The molecule has 1 fully saturated rings. The molecule has 0 aromatic rings. The van der Waals surface area contributed by atoms with Gasteiger partial charge in [-0.25, -0.2) is 0 Å². The van der Waals surface area contributed by atoms with Crippen LogP contribution in [0.1, 0.15) is 26.2 Å². The van der Waals surface area contributed by atoms with Gasteiger partial charge < -0.3 is 11.1 Å². The number of rotatable bonds is 4. The average molecular weight is 279 g/mol. The van der Waals surface area contributed by atoms with E-state index >= 15 is 0 Å². The van der Waals surface area contributed by atoms with E-state index in [1.54, 1.807) is 0 Å². The molecule has 104 valence electrons. The van der Waals surface area contributed by atoms with Crippen LogP contribution in [0.4, 0.5) is 0 Å². The lowest BCUT2D eigenvalue weighted by atomic mass is 10.0. The zero-order valence-electron chi connectivity index (χ0n) is 10.2. The van der Waals surface area contributed by atoms with Crippen molar-refractivity contribution in [1.82, 2.24) is 16.2 Å². The smallest absolute Gasteiger partial charge is 0.254 e. The van der Waals surface area contributed by atoms with Crippen molar-refractivity contribution < 1.29 is 14.4 Å². The summed E-state index contributed by atoms with van der Waals surface area (Å²) in [6.45, 7) is 2.19. The lowest BCUT2D eigenvalue weighted by Crippen LogP contribution is -2.48. The van der Waals surface area contributed by atoms with E-state index in [9.17, 15) is 14.4 Å². The second kappa shape index (κ2) is 7.88. The normalized spacial score (nSPS) is 19.4. The maximum Gasteiger partial charge on any atom is 0.254 e. The molecule has 1 aliphatic rings. The molecule has 18 heavy (non-hydrogen) atoms. The summed E-state index contributed by atoms with van der Waals surface area (Å²) in [5.74, 6) is -0.863. The first-order valence-corrected chi connectivity index (χ1v) is 5.62. The van der Waals surface area contributed by atoms with Crippen molar-refractivity contribution in [2.45, 2.75) is 32.2 Å². The second-order valence-electron chi connectivity index (χ2n) is 4.14. The van der Waals surface area contributed by atoms with Crippen LogP contribution in [0.3, 0.4) is 0 Å². The summed E-state index contributed by atoms with van der Waals surface area (Å²) in [4.78, 5) is 33.6. The van der Waals surface area contributed by atoms with Crippen LogP contribution < -0.4 is 21.9 Å². The quantitative estimate of drug-likeness (QED) is 0.485. The monoisotopic (exact) mass is 278 g/mol. The molecule has 3 amide bonds. The maximum atomic E-state index is 11.3. The Kier molecular flexibility index (Phi) is 7.30. The standard InChI is InChI=1S/C10H18N4O3.ClH/c1-6(11)9(16)14-13-8(15)3-2-7-4-5-12-10(7)17;/h6-7H,2-5,11H2,1H3,(H,12,17)(H,13,15)(H,14,16);1H/t6-,7?;/m0./s1. The molecule has 2 atom stereocenters. The summed E-state index contributed by atoms with van der Waals surface area (Å²) in [7, 11) is 0. The van der Waals surface area contributed by atoms with Crippen LogP contribution in [0.5, 0.6) is 0 Å². The van der Waals surface area contributed by atoms with Crippen molar-refractivity contribution in [3.8, 4) is 0 Å². The first-order valence-electron chi connectivity index (χ1n) is 5.62. The highest BCUT2D eigenvalue weighted by Gasteiger charge is 2.24. The van der Waals surface area contributed by atoms with Gasteiger partial charge in [-0.2, -0.15) is 0 Å². The summed E-state index contributed by atoms with van der Waals surface area (Å²) < 4.78 is 0. The lowest BCUT2D eigenvalue weighted by molar-refractivity contribution is -0.129. The first-order chi connectivity index (χ1) is 8.00. The Hall–Kier alpha value is -1.34. The molecule has 1 aliphatic heterocycles. The molecular weight excluding hydrogens is 260 g/mol. The molecule has 1 saturated heterocycles. The number of hydrogen-bond donors (Lipinski definition) is 4. The van der Waals surface area contributed by atoms with Crippen molar-refractivity contribution in [3.05, 3.63) is 0 Å². The molecule has 7 nitrogen and oxygen atoms in total. The largest absolute Gasteiger partial charge is 0.356 e. The van der Waals surface area contributed by atoms with Gasteiger partial charge in [-0.1, -0.05) is 0 Å². The molecule has 1 rings (SSSR count). The minimum atomic E-state index is -0.670. The predicted molar refractivity (Wildman–Crippen MR) is 67.5 cm³/mol. The number of halogens is 1. The minimum Gasteiger partial charge on any atom is -0.356 e. The van der Waals surface area contributed by atoms with Gasteiger partial charge in [-0.3, -0.25) is 25.2 Å². The van der Waals surface area contributed by atoms with E-state index in [4.69, 9.17) is 5.73 Å². The fourth-order valence-electron chi connectivity index (χ4n) is 1.53. The Morgan fingerprint density at radius 2 is 2.17 bits per heavy atom. The van der Waals surface area contributed by atoms with Gasteiger partial charge in [0.25, 0.3) is 5.91 Å². The fraction of sp³-hybridized carbons (Fsp3) is 0.700. The Bertz CT molecular complexity index is 322. The lowest BCUT2D eigenvalue weighted by Gasteiger charge is -2.10. The molecule has 0 aliphatic carbocycles. The highest BCUT2D eigenvalue weighted by Crippen LogP contribution is 2.15. The topological polar surface area (TPSA) is 113 Å². The minimum absolute atomic E-state index is 0. The highest BCUT2D eigenvalue weighted by atomic mass is 35.5. The molecule has 1 heterocycles. The Balaban J connectivity index is 0.00000289. The van der Waals surface area contributed by atoms with E-state index in [0.29, 0.717) is 13.0 Å². The van der Waals surface area contributed by atoms with Gasteiger partial charge in [0.05, 0.1) is 6.04 Å². The molecule has 8 heteroatoms. The van der Waals surface area contributed by atoms with Crippen LogP contribution in [0.2, 0.25) is 0 Å². The van der Waals surface area contributed by atoms with Crippen molar-refractivity contribution in [2.75, 3.05) is 6.54 Å². The summed E-state index contributed by atoms with van der Waals surface area (Å²) in [5.41, 5.74) is 9.75. The van der Waals surface area contributed by atoms with Crippen LogP contribution in [0.25, 0.3) is 0 Å². The fourth-order valence-corrected chi connectivity index (χ4v) is 1.53. The molecule has 0 aromatic heterocycles. The van der Waals surface area contributed by atoms with E-state index < -0.39 is 11.9 Å². The second-order valence-corrected chi connectivity index (χ2v) is 4.14. The number of amides is 3. The first kappa shape index (κ1) is 16.7. The molecule has 0 radical (unpaired) electrons. The number of hydrazine groups is 1. The van der Waals surface area contributed by atoms with Gasteiger partial charge in [0.15, 0.2) is 0 Å². The zero-order valence-corrected chi connectivity index (χ0v) is 11.0. The molecule has 0 saturated carbocycles. The van der Waals surface area contributed by atoms with E-state index in [1.165, 1.54) is 6.92 Å². The van der Waals surface area contributed by atoms with Crippen molar-refractivity contribution >= 4 is 30.1 Å². The van der Waals surface area contributed by atoms with Crippen LogP contribution in [0.15, 0.2) is 0 Å². The molecule has 0 spiro atoms. The van der Waals surface area contributed by atoms with Gasteiger partial charge in [0.1, 0.15) is 0 Å². The molecule has 0 bridgehead atoms. The third-order valence-corrected chi connectivity index (χ3v) is 2.62. The average Bonchev–Trinajstić information content (AvgIpc) is 2.68. The Morgan fingerprint density at radius 1 is 1.50 bits per heavy atom. The number of carbonyl (C=O) groups is 3. The van der Waals surface area contributed by atoms with Gasteiger partial charge in [-0.05, 0) is 19.8 Å². The molecule has 1 unspecified atom stereocenters. The molecule has 0 aromatic carbocycles.